The molecule has 8 aromatic carbocycles. The first-order valence-corrected chi connectivity index (χ1v) is 18.4. The van der Waals surface area contributed by atoms with E-state index in [2.05, 4.69) is 170 Å². The van der Waals surface area contributed by atoms with E-state index in [9.17, 15) is 0 Å². The van der Waals surface area contributed by atoms with Gasteiger partial charge in [0.15, 0.2) is 5.82 Å². The predicted octanol–water partition coefficient (Wildman–Crippen LogP) is 12.8. The Bertz CT molecular complexity index is 2860. The van der Waals surface area contributed by atoms with Crippen LogP contribution in [0.5, 0.6) is 11.5 Å². The summed E-state index contributed by atoms with van der Waals surface area (Å²) >= 11 is 0. The van der Waals surface area contributed by atoms with Crippen molar-refractivity contribution in [1.29, 1.82) is 0 Å². The van der Waals surface area contributed by atoms with Crippen molar-refractivity contribution < 1.29 is 4.74 Å². The van der Waals surface area contributed by atoms with E-state index in [1.165, 1.54) is 38.9 Å². The quantitative estimate of drug-likeness (QED) is 0.181. The van der Waals surface area contributed by atoms with Crippen LogP contribution in [-0.4, -0.2) is 9.97 Å². The molecule has 54 heavy (non-hydrogen) atoms. The summed E-state index contributed by atoms with van der Waals surface area (Å²) in [6, 6.07) is 69.1. The van der Waals surface area contributed by atoms with Crippen LogP contribution in [0.2, 0.25) is 0 Å². The second-order valence-corrected chi connectivity index (χ2v) is 14.1. The Kier molecular flexibility index (Phi) is 6.77. The van der Waals surface area contributed by atoms with Gasteiger partial charge in [-0.15, -0.1) is 0 Å². The van der Waals surface area contributed by atoms with Crippen molar-refractivity contribution in [2.45, 2.75) is 5.41 Å². The molecular formula is C51H32N2O. The van der Waals surface area contributed by atoms with Crippen molar-refractivity contribution >= 4 is 10.8 Å². The maximum atomic E-state index is 6.46. The topological polar surface area (TPSA) is 35.0 Å². The fourth-order valence-corrected chi connectivity index (χ4v) is 8.79. The third-order valence-electron chi connectivity index (χ3n) is 11.2. The van der Waals surface area contributed by atoms with Crippen LogP contribution in [-0.2, 0) is 5.41 Å². The van der Waals surface area contributed by atoms with Crippen molar-refractivity contribution in [3.05, 3.63) is 216 Å². The monoisotopic (exact) mass is 688 g/mol. The summed E-state index contributed by atoms with van der Waals surface area (Å²) in [5, 5.41) is 2.30. The molecule has 2 aliphatic rings. The molecule has 0 N–H and O–H groups in total. The minimum Gasteiger partial charge on any atom is -0.456 e. The fourth-order valence-electron chi connectivity index (χ4n) is 8.79. The third-order valence-corrected chi connectivity index (χ3v) is 11.2. The Labute approximate surface area is 313 Å². The van der Waals surface area contributed by atoms with Crippen molar-refractivity contribution in [1.82, 2.24) is 9.97 Å². The molecule has 1 aliphatic heterocycles. The van der Waals surface area contributed by atoms with Crippen molar-refractivity contribution in [2.75, 3.05) is 0 Å². The average molecular weight is 689 g/mol. The molecular weight excluding hydrogens is 657 g/mol. The normalized spacial score (nSPS) is 13.1. The summed E-state index contributed by atoms with van der Waals surface area (Å²) in [6.45, 7) is 0. The fraction of sp³-hybridized carbons (Fsp3) is 0.0196. The van der Waals surface area contributed by atoms with Crippen molar-refractivity contribution in [2.24, 2.45) is 0 Å². The molecule has 3 nitrogen and oxygen atoms in total. The van der Waals surface area contributed by atoms with Gasteiger partial charge in [-0.05, 0) is 80.7 Å². The van der Waals surface area contributed by atoms with E-state index >= 15 is 0 Å². The van der Waals surface area contributed by atoms with E-state index in [4.69, 9.17) is 14.7 Å². The van der Waals surface area contributed by atoms with Crippen LogP contribution < -0.4 is 4.74 Å². The number of rotatable bonds is 5. The molecule has 1 aliphatic carbocycles. The van der Waals surface area contributed by atoms with Crippen LogP contribution in [0.15, 0.2) is 194 Å². The lowest BCUT2D eigenvalue weighted by Crippen LogP contribution is -2.28. The molecule has 0 saturated carbocycles. The van der Waals surface area contributed by atoms with E-state index in [1.807, 2.05) is 24.3 Å². The number of fused-ring (bicyclic) bond motifs is 5. The van der Waals surface area contributed by atoms with Gasteiger partial charge in [0.2, 0.25) is 0 Å². The van der Waals surface area contributed by atoms with Gasteiger partial charge in [0.05, 0.1) is 16.8 Å². The SMILES string of the molecule is c1ccc(-c2nc(-c3ccc4c(c3)-c3cccc5cccc(c35)O4)cc(-c3ccc4c(c3)C(c3ccccc3)(c3ccccc3)c3ccccc3-4)n2)cc1. The molecule has 0 fully saturated rings. The predicted molar refractivity (Wildman–Crippen MR) is 219 cm³/mol. The van der Waals surface area contributed by atoms with E-state index in [1.54, 1.807) is 0 Å². The Morgan fingerprint density at radius 2 is 0.963 bits per heavy atom. The van der Waals surface area contributed by atoms with E-state index < -0.39 is 5.41 Å². The smallest absolute Gasteiger partial charge is 0.160 e. The van der Waals surface area contributed by atoms with Gasteiger partial charge in [0, 0.05) is 27.6 Å². The Morgan fingerprint density at radius 1 is 0.370 bits per heavy atom. The van der Waals surface area contributed by atoms with Gasteiger partial charge < -0.3 is 4.74 Å². The van der Waals surface area contributed by atoms with Gasteiger partial charge in [0.25, 0.3) is 0 Å². The van der Waals surface area contributed by atoms with E-state index in [-0.39, 0.29) is 0 Å². The summed E-state index contributed by atoms with van der Waals surface area (Å²) in [5.41, 5.74) is 14.0. The van der Waals surface area contributed by atoms with Gasteiger partial charge in [-0.25, -0.2) is 9.97 Å². The number of benzene rings is 8. The maximum absolute atomic E-state index is 6.46. The van der Waals surface area contributed by atoms with Gasteiger partial charge in [-0.1, -0.05) is 158 Å². The van der Waals surface area contributed by atoms with Gasteiger partial charge in [-0.3, -0.25) is 0 Å². The number of nitrogens with zero attached hydrogens (tertiary/aromatic N) is 2. The molecule has 1 aromatic heterocycles. The zero-order chi connectivity index (χ0) is 35.6. The lowest BCUT2D eigenvalue weighted by Gasteiger charge is -2.34. The minimum atomic E-state index is -0.502. The number of aromatic nitrogens is 2. The van der Waals surface area contributed by atoms with Crippen molar-refractivity contribution in [3.8, 4) is 67.7 Å². The van der Waals surface area contributed by atoms with E-state index in [0.29, 0.717) is 5.82 Å². The molecule has 0 saturated heterocycles. The van der Waals surface area contributed by atoms with Crippen LogP contribution in [0, 0.1) is 0 Å². The number of hydrogen-bond acceptors (Lipinski definition) is 3. The lowest BCUT2D eigenvalue weighted by molar-refractivity contribution is 0.487. The zero-order valence-electron chi connectivity index (χ0n) is 29.3. The van der Waals surface area contributed by atoms with Crippen LogP contribution >= 0.6 is 0 Å². The summed E-state index contributed by atoms with van der Waals surface area (Å²) < 4.78 is 6.46. The number of hydrogen-bond donors (Lipinski definition) is 0. The zero-order valence-corrected chi connectivity index (χ0v) is 29.3. The molecule has 2 heterocycles. The highest BCUT2D eigenvalue weighted by molar-refractivity contribution is 6.04. The summed E-state index contributed by atoms with van der Waals surface area (Å²) in [6.07, 6.45) is 0. The summed E-state index contributed by atoms with van der Waals surface area (Å²) in [7, 11) is 0. The number of ether oxygens (including phenoxy) is 1. The van der Waals surface area contributed by atoms with E-state index in [0.717, 1.165) is 55.9 Å². The molecule has 0 spiro atoms. The molecule has 0 radical (unpaired) electrons. The lowest BCUT2D eigenvalue weighted by atomic mass is 9.67. The first-order chi connectivity index (χ1) is 26.8. The molecule has 0 amide bonds. The average Bonchev–Trinajstić information content (AvgIpc) is 3.55. The van der Waals surface area contributed by atoms with Crippen molar-refractivity contribution in [3.63, 3.8) is 0 Å². The molecule has 3 heteroatoms. The minimum absolute atomic E-state index is 0.502. The maximum Gasteiger partial charge on any atom is 0.160 e. The molecule has 0 bridgehead atoms. The molecule has 11 rings (SSSR count). The van der Waals surface area contributed by atoms with Crippen LogP contribution in [0.1, 0.15) is 22.3 Å². The van der Waals surface area contributed by atoms with Gasteiger partial charge in [-0.2, -0.15) is 0 Å². The Morgan fingerprint density at radius 3 is 1.70 bits per heavy atom. The Balaban J connectivity index is 1.13. The molecule has 9 aromatic rings. The molecule has 252 valence electrons. The highest BCUT2D eigenvalue weighted by atomic mass is 16.5. The highest BCUT2D eigenvalue weighted by Crippen LogP contribution is 2.57. The largest absolute Gasteiger partial charge is 0.456 e. The highest BCUT2D eigenvalue weighted by Gasteiger charge is 2.46. The summed E-state index contributed by atoms with van der Waals surface area (Å²) in [5.74, 6) is 2.42. The second kappa shape index (κ2) is 12.0. The molecule has 0 atom stereocenters. The first-order valence-electron chi connectivity index (χ1n) is 18.4. The van der Waals surface area contributed by atoms with Crippen LogP contribution in [0.3, 0.4) is 0 Å². The van der Waals surface area contributed by atoms with Gasteiger partial charge in [0.1, 0.15) is 11.5 Å². The summed E-state index contributed by atoms with van der Waals surface area (Å²) in [4.78, 5) is 10.5. The van der Waals surface area contributed by atoms with Gasteiger partial charge >= 0.3 is 0 Å². The van der Waals surface area contributed by atoms with Crippen LogP contribution in [0.25, 0.3) is 66.9 Å². The first kappa shape index (κ1) is 30.5. The standard InChI is InChI=1S/C51H32N2O/c1-4-14-34(15-5-1)50-52-45(35-27-29-47-42(30-35)41-23-12-16-33-17-13-25-48(54-47)49(33)41)32-46(53-50)36-26-28-40-39-22-10-11-24-43(39)51(44(40)31-36,37-18-6-2-7-19-37)38-20-8-3-9-21-38/h1-32H. The second-order valence-electron chi connectivity index (χ2n) is 14.1. The third kappa shape index (κ3) is 4.55. The Hall–Kier alpha value is -7.10. The molecule has 0 unspecified atom stereocenters. The van der Waals surface area contributed by atoms with Crippen LogP contribution in [0.4, 0.5) is 0 Å².